The highest BCUT2D eigenvalue weighted by molar-refractivity contribution is 5.89. The number of carbonyl (C=O) groups excluding carboxylic acids is 1. The summed E-state index contributed by atoms with van der Waals surface area (Å²) in [5.74, 6) is -0.877. The van der Waals surface area contributed by atoms with E-state index in [0.29, 0.717) is 12.1 Å². The Morgan fingerprint density at radius 3 is 2.58 bits per heavy atom. The number of amides is 2. The van der Waals surface area contributed by atoms with Gasteiger partial charge in [-0.1, -0.05) is 0 Å². The van der Waals surface area contributed by atoms with Gasteiger partial charge in [0.1, 0.15) is 0 Å². The van der Waals surface area contributed by atoms with Gasteiger partial charge in [0.2, 0.25) is 0 Å². The number of hydrogen-bond acceptors (Lipinski definition) is 3. The molecule has 0 atom stereocenters. The van der Waals surface area contributed by atoms with E-state index in [9.17, 15) is 9.59 Å². The lowest BCUT2D eigenvalue weighted by Crippen LogP contribution is -2.45. The van der Waals surface area contributed by atoms with Gasteiger partial charge < -0.3 is 15.7 Å². The number of nitrogens with zero attached hydrogens (tertiary/aromatic N) is 1. The molecule has 1 aromatic heterocycles. The predicted molar refractivity (Wildman–Crippen MR) is 72.1 cm³/mol. The van der Waals surface area contributed by atoms with Crippen LogP contribution in [0.2, 0.25) is 0 Å². The third kappa shape index (κ3) is 5.85. The molecule has 0 aliphatic rings. The highest BCUT2D eigenvalue weighted by Crippen LogP contribution is 2.12. The van der Waals surface area contributed by atoms with Crippen molar-refractivity contribution in [3.63, 3.8) is 0 Å². The van der Waals surface area contributed by atoms with Gasteiger partial charge in [-0.05, 0) is 39.3 Å². The second kappa shape index (κ2) is 6.17. The Hall–Kier alpha value is -2.11. The maximum Gasteiger partial charge on any atom is 0.319 e. The minimum absolute atomic E-state index is 0.0133. The lowest BCUT2D eigenvalue weighted by Gasteiger charge is -2.25. The van der Waals surface area contributed by atoms with Gasteiger partial charge in [0.15, 0.2) is 0 Å². The zero-order valence-corrected chi connectivity index (χ0v) is 11.4. The van der Waals surface area contributed by atoms with Crippen molar-refractivity contribution in [2.75, 3.05) is 5.32 Å². The van der Waals surface area contributed by atoms with Crippen molar-refractivity contribution in [3.05, 3.63) is 24.0 Å². The Morgan fingerprint density at radius 1 is 1.37 bits per heavy atom. The number of pyridine rings is 1. The molecule has 0 unspecified atom stereocenters. The van der Waals surface area contributed by atoms with Crippen LogP contribution in [-0.2, 0) is 4.79 Å². The van der Waals surface area contributed by atoms with E-state index in [0.717, 1.165) is 5.69 Å². The summed E-state index contributed by atoms with van der Waals surface area (Å²) in [4.78, 5) is 26.3. The van der Waals surface area contributed by atoms with E-state index in [4.69, 9.17) is 5.11 Å². The van der Waals surface area contributed by atoms with Crippen LogP contribution in [0.15, 0.2) is 18.3 Å². The smallest absolute Gasteiger partial charge is 0.319 e. The number of nitrogens with one attached hydrogen (secondary N) is 2. The van der Waals surface area contributed by atoms with Crippen LogP contribution < -0.4 is 10.6 Å². The summed E-state index contributed by atoms with van der Waals surface area (Å²) in [5.41, 5.74) is 0.880. The highest BCUT2D eigenvalue weighted by atomic mass is 16.4. The van der Waals surface area contributed by atoms with Crippen molar-refractivity contribution in [2.45, 2.75) is 39.2 Å². The molecule has 0 radical (unpaired) electrons. The molecule has 1 aromatic rings. The molecule has 0 saturated heterocycles. The number of carboxylic acid groups (broad SMARTS) is 1. The highest BCUT2D eigenvalue weighted by Gasteiger charge is 2.21. The summed E-state index contributed by atoms with van der Waals surface area (Å²) in [6, 6.07) is 3.18. The van der Waals surface area contributed by atoms with Gasteiger partial charge in [-0.2, -0.15) is 0 Å². The van der Waals surface area contributed by atoms with E-state index in [1.165, 1.54) is 0 Å². The third-order valence-corrected chi connectivity index (χ3v) is 2.59. The molecule has 0 spiro atoms. The molecule has 19 heavy (non-hydrogen) atoms. The molecular weight excluding hydrogens is 246 g/mol. The topological polar surface area (TPSA) is 91.3 Å². The van der Waals surface area contributed by atoms with Crippen LogP contribution in [0.5, 0.6) is 0 Å². The molecule has 1 heterocycles. The van der Waals surface area contributed by atoms with Crippen LogP contribution in [0.4, 0.5) is 10.5 Å². The van der Waals surface area contributed by atoms with E-state index in [1.54, 1.807) is 32.2 Å². The first-order valence-electron chi connectivity index (χ1n) is 6.02. The number of aromatic nitrogens is 1. The van der Waals surface area contributed by atoms with Crippen LogP contribution in [0.1, 0.15) is 32.4 Å². The van der Waals surface area contributed by atoms with Crippen LogP contribution in [0, 0.1) is 6.92 Å². The number of carboxylic acids is 1. The molecule has 0 fully saturated rings. The van der Waals surface area contributed by atoms with Gasteiger partial charge in [-0.25, -0.2) is 4.79 Å². The Balaban J connectivity index is 2.50. The van der Waals surface area contributed by atoms with Crippen molar-refractivity contribution in [1.29, 1.82) is 0 Å². The number of aliphatic carboxylic acids is 1. The van der Waals surface area contributed by atoms with E-state index in [2.05, 4.69) is 15.6 Å². The Labute approximate surface area is 112 Å². The minimum Gasteiger partial charge on any atom is -0.481 e. The first kappa shape index (κ1) is 14.9. The van der Waals surface area contributed by atoms with Crippen LogP contribution >= 0.6 is 0 Å². The van der Waals surface area contributed by atoms with Crippen LogP contribution in [-0.4, -0.2) is 27.6 Å². The molecule has 3 N–H and O–H groups in total. The molecule has 2 amide bonds. The Morgan fingerprint density at radius 2 is 2.05 bits per heavy atom. The molecular formula is C13H19N3O3. The fourth-order valence-corrected chi connectivity index (χ4v) is 1.49. The summed E-state index contributed by atoms with van der Waals surface area (Å²) >= 11 is 0. The zero-order valence-electron chi connectivity index (χ0n) is 11.4. The summed E-state index contributed by atoms with van der Waals surface area (Å²) in [7, 11) is 0. The molecule has 0 bridgehead atoms. The minimum atomic E-state index is -0.877. The number of rotatable bonds is 5. The van der Waals surface area contributed by atoms with Gasteiger partial charge in [-0.3, -0.25) is 9.78 Å². The molecule has 104 valence electrons. The van der Waals surface area contributed by atoms with E-state index < -0.39 is 11.5 Å². The molecule has 0 aromatic carbocycles. The largest absolute Gasteiger partial charge is 0.481 e. The normalized spacial score (nSPS) is 10.9. The summed E-state index contributed by atoms with van der Waals surface area (Å²) in [6.07, 6.45) is 1.94. The van der Waals surface area contributed by atoms with Crippen molar-refractivity contribution in [2.24, 2.45) is 0 Å². The second-order valence-corrected chi connectivity index (χ2v) is 5.05. The number of anilines is 1. The Bertz CT molecular complexity index is 455. The zero-order chi connectivity index (χ0) is 14.5. The first-order chi connectivity index (χ1) is 8.78. The van der Waals surface area contributed by atoms with Crippen LogP contribution in [0.25, 0.3) is 0 Å². The van der Waals surface area contributed by atoms with E-state index in [1.807, 2.05) is 6.92 Å². The Kier molecular flexibility index (Phi) is 4.86. The summed E-state index contributed by atoms with van der Waals surface area (Å²) < 4.78 is 0. The lowest BCUT2D eigenvalue weighted by atomic mass is 9.99. The first-order valence-corrected chi connectivity index (χ1v) is 6.02. The van der Waals surface area contributed by atoms with Crippen molar-refractivity contribution in [3.8, 4) is 0 Å². The SMILES string of the molecule is Cc1ccc(NC(=O)NC(C)(C)CCC(=O)O)cn1. The fourth-order valence-electron chi connectivity index (χ4n) is 1.49. The fraction of sp³-hybridized carbons (Fsp3) is 0.462. The molecule has 1 rings (SSSR count). The number of aryl methyl sites for hydroxylation is 1. The summed E-state index contributed by atoms with van der Waals surface area (Å²) in [5, 5.41) is 14.0. The maximum absolute atomic E-state index is 11.8. The summed E-state index contributed by atoms with van der Waals surface area (Å²) in [6.45, 7) is 5.42. The number of carbonyl (C=O) groups is 2. The number of hydrogen-bond donors (Lipinski definition) is 3. The molecule has 0 aliphatic carbocycles. The maximum atomic E-state index is 11.8. The van der Waals surface area contributed by atoms with E-state index in [-0.39, 0.29) is 12.5 Å². The average Bonchev–Trinajstić information content (AvgIpc) is 2.29. The van der Waals surface area contributed by atoms with Crippen molar-refractivity contribution in [1.82, 2.24) is 10.3 Å². The lowest BCUT2D eigenvalue weighted by molar-refractivity contribution is -0.137. The molecule has 6 heteroatoms. The molecule has 0 saturated carbocycles. The van der Waals surface area contributed by atoms with Gasteiger partial charge in [0.05, 0.1) is 11.9 Å². The monoisotopic (exact) mass is 265 g/mol. The number of urea groups is 1. The second-order valence-electron chi connectivity index (χ2n) is 5.05. The van der Waals surface area contributed by atoms with Gasteiger partial charge >= 0.3 is 12.0 Å². The third-order valence-electron chi connectivity index (χ3n) is 2.59. The van der Waals surface area contributed by atoms with Gasteiger partial charge in [0, 0.05) is 17.7 Å². The van der Waals surface area contributed by atoms with Crippen molar-refractivity contribution >= 4 is 17.7 Å². The van der Waals surface area contributed by atoms with Crippen molar-refractivity contribution < 1.29 is 14.7 Å². The average molecular weight is 265 g/mol. The predicted octanol–water partition coefficient (Wildman–Crippen LogP) is 2.15. The molecule has 0 aliphatic heterocycles. The quantitative estimate of drug-likeness (QED) is 0.760. The van der Waals surface area contributed by atoms with Gasteiger partial charge in [0.25, 0.3) is 0 Å². The molecule has 6 nitrogen and oxygen atoms in total. The standard InChI is InChI=1S/C13H19N3O3/c1-9-4-5-10(8-14-9)15-12(19)16-13(2,3)7-6-11(17)18/h4-5,8H,6-7H2,1-3H3,(H,17,18)(H2,15,16,19). The van der Waals surface area contributed by atoms with Crippen LogP contribution in [0.3, 0.4) is 0 Å². The van der Waals surface area contributed by atoms with E-state index >= 15 is 0 Å². The van der Waals surface area contributed by atoms with Gasteiger partial charge in [-0.15, -0.1) is 0 Å².